The van der Waals surface area contributed by atoms with Crippen LogP contribution in [0.5, 0.6) is 0 Å². The maximum atomic E-state index is 12.7. The van der Waals surface area contributed by atoms with Crippen LogP contribution in [0.15, 0.2) is 11.6 Å². The molecule has 5 atom stereocenters. The smallest absolute Gasteiger partial charge is 0.317 e. The van der Waals surface area contributed by atoms with Crippen molar-refractivity contribution >= 4 is 27.8 Å². The van der Waals surface area contributed by atoms with E-state index in [1.54, 1.807) is 19.9 Å². The van der Waals surface area contributed by atoms with Gasteiger partial charge in [-0.1, -0.05) is 15.9 Å². The van der Waals surface area contributed by atoms with Crippen LogP contribution in [0.4, 0.5) is 0 Å². The molecule has 4 unspecified atom stereocenters. The number of methoxy groups -OCH3 is 2. The largest absolute Gasteiger partial charge is 0.455 e. The molecule has 2 aliphatic rings. The summed E-state index contributed by atoms with van der Waals surface area (Å²) in [5.74, 6) is -3.16. The number of rotatable bonds is 5. The van der Waals surface area contributed by atoms with Crippen LogP contribution >= 0.6 is 15.9 Å². The fraction of sp³-hybridized carbons (Fsp3) is 0.789. The lowest BCUT2D eigenvalue weighted by molar-refractivity contribution is -0.453. The first-order chi connectivity index (χ1) is 12.9. The Morgan fingerprint density at radius 3 is 2.29 bits per heavy atom. The molecule has 1 aliphatic heterocycles. The summed E-state index contributed by atoms with van der Waals surface area (Å²) < 4.78 is 29.0. The zero-order valence-corrected chi connectivity index (χ0v) is 19.0. The van der Waals surface area contributed by atoms with Gasteiger partial charge in [-0.05, 0) is 40.7 Å². The van der Waals surface area contributed by atoms with Gasteiger partial charge in [0.25, 0.3) is 0 Å². The van der Waals surface area contributed by atoms with E-state index in [-0.39, 0.29) is 17.7 Å². The predicted molar refractivity (Wildman–Crippen MR) is 105 cm³/mol. The van der Waals surface area contributed by atoms with Crippen LogP contribution in [-0.2, 0) is 33.3 Å². The highest BCUT2D eigenvalue weighted by Gasteiger charge is 2.59. The Balaban J connectivity index is 2.38. The standard InChI is InChI=1S/C19H30BrNO7/c1-17(2,3)21-16(23)11-8-12(26-14(22)10-20)15-13(9-11)27-18(4,24-6)19(5,25-7)28-15/h8,12-13,15H,9-10H2,1-7H3,(H,21,23)/t12?,13?,15-,18?,19?/m1/s1. The number of alkyl halides is 1. The van der Waals surface area contributed by atoms with Crippen LogP contribution < -0.4 is 5.32 Å². The van der Waals surface area contributed by atoms with Crippen molar-refractivity contribution in [3.63, 3.8) is 0 Å². The third-order valence-corrected chi connectivity index (χ3v) is 5.43. The van der Waals surface area contributed by atoms with Gasteiger partial charge < -0.3 is 29.0 Å². The maximum Gasteiger partial charge on any atom is 0.317 e. The lowest BCUT2D eigenvalue weighted by atomic mass is 9.88. The summed E-state index contributed by atoms with van der Waals surface area (Å²) in [7, 11) is 2.98. The zero-order chi connectivity index (χ0) is 21.3. The van der Waals surface area contributed by atoms with Gasteiger partial charge in [0.15, 0.2) is 0 Å². The number of hydrogen-bond donors (Lipinski definition) is 1. The third-order valence-electron chi connectivity index (χ3n) is 4.97. The molecule has 160 valence electrons. The zero-order valence-electron chi connectivity index (χ0n) is 17.5. The van der Waals surface area contributed by atoms with Crippen LogP contribution in [0.25, 0.3) is 0 Å². The van der Waals surface area contributed by atoms with Gasteiger partial charge in [0, 0.05) is 31.8 Å². The molecule has 1 fully saturated rings. The van der Waals surface area contributed by atoms with Gasteiger partial charge in [-0.25, -0.2) is 0 Å². The second kappa shape index (κ2) is 8.39. The molecule has 0 aromatic carbocycles. The summed E-state index contributed by atoms with van der Waals surface area (Å²) in [6.45, 7) is 9.09. The summed E-state index contributed by atoms with van der Waals surface area (Å²) in [5, 5.41) is 2.95. The number of halogens is 1. The van der Waals surface area contributed by atoms with Gasteiger partial charge in [-0.15, -0.1) is 0 Å². The van der Waals surface area contributed by atoms with Gasteiger partial charge in [0.2, 0.25) is 17.5 Å². The summed E-state index contributed by atoms with van der Waals surface area (Å²) in [4.78, 5) is 24.6. The van der Waals surface area contributed by atoms with E-state index in [9.17, 15) is 9.59 Å². The monoisotopic (exact) mass is 463 g/mol. The van der Waals surface area contributed by atoms with Crippen LogP contribution in [-0.4, -0.2) is 66.9 Å². The molecular weight excluding hydrogens is 434 g/mol. The van der Waals surface area contributed by atoms with Crippen molar-refractivity contribution in [2.75, 3.05) is 19.5 Å². The Kier molecular flexibility index (Phi) is 6.98. The normalized spacial score (nSPS) is 35.6. The molecular formula is C19H30BrNO7. The highest BCUT2D eigenvalue weighted by Crippen LogP contribution is 2.43. The van der Waals surface area contributed by atoms with E-state index in [1.165, 1.54) is 14.2 Å². The Labute approximate surface area is 174 Å². The summed E-state index contributed by atoms with van der Waals surface area (Å²) in [5.41, 5.74) is 0.0581. The number of carbonyl (C=O) groups excluding carboxylic acids is 2. The fourth-order valence-electron chi connectivity index (χ4n) is 3.26. The number of hydrogen-bond acceptors (Lipinski definition) is 7. The number of amides is 1. The first-order valence-electron chi connectivity index (χ1n) is 9.12. The van der Waals surface area contributed by atoms with E-state index in [0.717, 1.165) is 0 Å². The predicted octanol–water partition coefficient (Wildman–Crippen LogP) is 2.05. The van der Waals surface area contributed by atoms with Crippen molar-refractivity contribution in [1.82, 2.24) is 5.32 Å². The lowest BCUT2D eigenvalue weighted by Crippen LogP contribution is -2.68. The molecule has 8 nitrogen and oxygen atoms in total. The second-order valence-electron chi connectivity index (χ2n) is 8.23. The number of nitrogens with one attached hydrogen (secondary N) is 1. The molecule has 0 radical (unpaired) electrons. The highest BCUT2D eigenvalue weighted by molar-refractivity contribution is 9.09. The number of carbonyl (C=O) groups is 2. The summed E-state index contributed by atoms with van der Waals surface area (Å²) >= 11 is 3.09. The fourth-order valence-corrected chi connectivity index (χ4v) is 3.39. The van der Waals surface area contributed by atoms with Crippen LogP contribution in [0, 0.1) is 0 Å². The second-order valence-corrected chi connectivity index (χ2v) is 8.79. The van der Waals surface area contributed by atoms with E-state index in [2.05, 4.69) is 21.2 Å². The number of esters is 1. The molecule has 0 saturated carbocycles. The minimum Gasteiger partial charge on any atom is -0.455 e. The van der Waals surface area contributed by atoms with Crippen molar-refractivity contribution in [3.8, 4) is 0 Å². The Morgan fingerprint density at radius 1 is 1.21 bits per heavy atom. The van der Waals surface area contributed by atoms with Crippen LogP contribution in [0.1, 0.15) is 41.0 Å². The molecule has 9 heteroatoms. The van der Waals surface area contributed by atoms with Crippen molar-refractivity contribution in [2.45, 2.75) is 76.5 Å². The van der Waals surface area contributed by atoms with Crippen molar-refractivity contribution in [3.05, 3.63) is 11.6 Å². The molecule has 1 amide bonds. The van der Waals surface area contributed by atoms with Crippen LogP contribution in [0.2, 0.25) is 0 Å². The molecule has 1 saturated heterocycles. The average Bonchev–Trinajstić information content (AvgIpc) is 2.61. The first-order valence-corrected chi connectivity index (χ1v) is 10.2. The minimum absolute atomic E-state index is 0.0242. The maximum absolute atomic E-state index is 12.7. The molecule has 28 heavy (non-hydrogen) atoms. The Bertz CT molecular complexity index is 647. The Hall–Kier alpha value is -1.00. The van der Waals surface area contributed by atoms with E-state index in [0.29, 0.717) is 5.57 Å². The minimum atomic E-state index is -1.24. The number of ether oxygens (including phenoxy) is 5. The molecule has 0 aromatic rings. The third kappa shape index (κ3) is 4.76. The average molecular weight is 464 g/mol. The SMILES string of the molecule is COC1(C)OC2CC(C(=O)NC(C)(C)C)=CC(OC(=O)CBr)[C@H]2OC1(C)OC. The van der Waals surface area contributed by atoms with Gasteiger partial charge in [-0.3, -0.25) is 9.59 Å². The van der Waals surface area contributed by atoms with E-state index < -0.39 is 41.4 Å². The van der Waals surface area contributed by atoms with Gasteiger partial charge in [-0.2, -0.15) is 0 Å². The molecule has 2 rings (SSSR count). The number of fused-ring (bicyclic) bond motifs is 1. The van der Waals surface area contributed by atoms with Crippen molar-refractivity contribution in [2.24, 2.45) is 0 Å². The molecule has 0 aromatic heterocycles. The van der Waals surface area contributed by atoms with Crippen molar-refractivity contribution < 1.29 is 33.3 Å². The molecule has 1 heterocycles. The summed E-state index contributed by atoms with van der Waals surface area (Å²) in [6.07, 6.45) is -0.111. The highest BCUT2D eigenvalue weighted by atomic mass is 79.9. The van der Waals surface area contributed by atoms with Gasteiger partial charge in [0.05, 0.1) is 6.10 Å². The topological polar surface area (TPSA) is 92.3 Å². The molecule has 0 bridgehead atoms. The van der Waals surface area contributed by atoms with Crippen LogP contribution in [0.3, 0.4) is 0 Å². The van der Waals surface area contributed by atoms with E-state index >= 15 is 0 Å². The quantitative estimate of drug-likeness (QED) is 0.492. The molecule has 0 spiro atoms. The first kappa shape index (κ1) is 23.3. The van der Waals surface area contributed by atoms with E-state index in [4.69, 9.17) is 23.7 Å². The summed E-state index contributed by atoms with van der Waals surface area (Å²) in [6, 6.07) is 0. The van der Waals surface area contributed by atoms with Gasteiger partial charge >= 0.3 is 5.97 Å². The molecule has 1 N–H and O–H groups in total. The molecule has 1 aliphatic carbocycles. The Morgan fingerprint density at radius 2 is 1.79 bits per heavy atom. The van der Waals surface area contributed by atoms with Gasteiger partial charge in [0.1, 0.15) is 17.5 Å². The van der Waals surface area contributed by atoms with Crippen molar-refractivity contribution in [1.29, 1.82) is 0 Å². The van der Waals surface area contributed by atoms with E-state index in [1.807, 2.05) is 20.8 Å². The lowest BCUT2D eigenvalue weighted by Gasteiger charge is -2.54.